The monoisotopic (exact) mass is 230 g/mol. The van der Waals surface area contributed by atoms with Crippen LogP contribution in [0.15, 0.2) is 23.1 Å². The molecule has 0 aromatic carbocycles. The van der Waals surface area contributed by atoms with Gasteiger partial charge in [0.2, 0.25) is 0 Å². The van der Waals surface area contributed by atoms with Gasteiger partial charge in [0.1, 0.15) is 5.52 Å². The summed E-state index contributed by atoms with van der Waals surface area (Å²) in [5.74, 6) is 0.742. The lowest BCUT2D eigenvalue weighted by molar-refractivity contribution is 0.226. The molecule has 3 nitrogen and oxygen atoms in total. The molecule has 1 atom stereocenters. The normalized spacial score (nSPS) is 18.2. The molecule has 0 spiro atoms. The minimum absolute atomic E-state index is 0.0381. The van der Waals surface area contributed by atoms with Crippen molar-refractivity contribution in [3.8, 4) is 0 Å². The molecule has 0 radical (unpaired) electrons. The number of H-pyrrole nitrogens is 1. The minimum Gasteiger partial charge on any atom is -0.340 e. The lowest BCUT2D eigenvalue weighted by Crippen LogP contribution is -2.24. The quantitative estimate of drug-likeness (QED) is 0.846. The van der Waals surface area contributed by atoms with Crippen LogP contribution in [0.3, 0.4) is 0 Å². The number of nitrogens with zero attached hydrogens (tertiary/aromatic N) is 1. The number of nitrogens with one attached hydrogen (secondary N) is 1. The van der Waals surface area contributed by atoms with Crippen molar-refractivity contribution < 1.29 is 0 Å². The summed E-state index contributed by atoms with van der Waals surface area (Å²) in [5.41, 5.74) is 1.79. The third-order valence-electron chi connectivity index (χ3n) is 4.11. The lowest BCUT2D eigenvalue weighted by atomic mass is 9.80. The Labute approximate surface area is 100 Å². The predicted octanol–water partition coefficient (Wildman–Crippen LogP) is 3.00. The summed E-state index contributed by atoms with van der Waals surface area (Å²) in [5, 5.41) is 1.05. The molecule has 17 heavy (non-hydrogen) atoms. The first-order valence-electron chi connectivity index (χ1n) is 6.37. The second-order valence-corrected chi connectivity index (χ2v) is 5.24. The van der Waals surface area contributed by atoms with Crippen LogP contribution in [0.25, 0.3) is 10.9 Å². The Morgan fingerprint density at radius 2 is 2.24 bits per heavy atom. The Hall–Kier alpha value is -1.51. The van der Waals surface area contributed by atoms with E-state index >= 15 is 0 Å². The molecule has 2 heterocycles. The highest BCUT2D eigenvalue weighted by Crippen LogP contribution is 2.37. The number of hydrogen-bond acceptors (Lipinski definition) is 1. The van der Waals surface area contributed by atoms with E-state index in [9.17, 15) is 4.79 Å². The second-order valence-electron chi connectivity index (χ2n) is 5.24. The molecule has 1 aliphatic carbocycles. The highest BCUT2D eigenvalue weighted by molar-refractivity contribution is 5.79. The molecule has 1 saturated carbocycles. The van der Waals surface area contributed by atoms with E-state index in [0.29, 0.717) is 6.04 Å². The van der Waals surface area contributed by atoms with Gasteiger partial charge in [-0.2, -0.15) is 0 Å². The van der Waals surface area contributed by atoms with E-state index in [2.05, 4.69) is 22.7 Å². The maximum atomic E-state index is 12.0. The summed E-state index contributed by atoms with van der Waals surface area (Å²) in [6, 6.07) is 4.53. The molecule has 3 heteroatoms. The Morgan fingerprint density at radius 1 is 1.47 bits per heavy atom. The summed E-state index contributed by atoms with van der Waals surface area (Å²) in [7, 11) is 0. The SMILES string of the molecule is Cc1cc2ccn(C(C)C3CCC3)c2c(=O)[nH]1. The van der Waals surface area contributed by atoms with Crippen LogP contribution in [0.2, 0.25) is 0 Å². The van der Waals surface area contributed by atoms with Crippen molar-refractivity contribution >= 4 is 10.9 Å². The van der Waals surface area contributed by atoms with Gasteiger partial charge in [0.05, 0.1) is 0 Å². The van der Waals surface area contributed by atoms with Gasteiger partial charge < -0.3 is 9.55 Å². The van der Waals surface area contributed by atoms with Crippen molar-refractivity contribution in [2.45, 2.75) is 39.2 Å². The molecule has 0 amide bonds. The number of pyridine rings is 1. The van der Waals surface area contributed by atoms with E-state index in [1.807, 2.05) is 19.1 Å². The van der Waals surface area contributed by atoms with E-state index in [4.69, 9.17) is 0 Å². The molecule has 1 fully saturated rings. The van der Waals surface area contributed by atoms with Crippen LogP contribution in [0.4, 0.5) is 0 Å². The van der Waals surface area contributed by atoms with Gasteiger partial charge in [-0.15, -0.1) is 0 Å². The van der Waals surface area contributed by atoms with Crippen molar-refractivity contribution in [2.75, 3.05) is 0 Å². The van der Waals surface area contributed by atoms with Crippen LogP contribution in [-0.4, -0.2) is 9.55 Å². The summed E-state index contributed by atoms with van der Waals surface area (Å²) in [6.45, 7) is 4.15. The van der Waals surface area contributed by atoms with Crippen molar-refractivity contribution in [3.63, 3.8) is 0 Å². The van der Waals surface area contributed by atoms with E-state index < -0.39 is 0 Å². The summed E-state index contributed by atoms with van der Waals surface area (Å²) in [6.07, 6.45) is 5.99. The summed E-state index contributed by atoms with van der Waals surface area (Å²) in [4.78, 5) is 14.9. The molecule has 2 aromatic heterocycles. The van der Waals surface area contributed by atoms with Crippen LogP contribution >= 0.6 is 0 Å². The third kappa shape index (κ3) is 1.61. The van der Waals surface area contributed by atoms with Crippen LogP contribution in [-0.2, 0) is 0 Å². The topological polar surface area (TPSA) is 37.8 Å². The molecule has 1 N–H and O–H groups in total. The number of aromatic amines is 1. The first-order chi connectivity index (χ1) is 8.16. The van der Waals surface area contributed by atoms with Crippen LogP contribution < -0.4 is 5.56 Å². The smallest absolute Gasteiger partial charge is 0.272 e. The third-order valence-corrected chi connectivity index (χ3v) is 4.11. The van der Waals surface area contributed by atoms with Gasteiger partial charge in [-0.25, -0.2) is 0 Å². The molecule has 2 aromatic rings. The largest absolute Gasteiger partial charge is 0.340 e. The fraction of sp³-hybridized carbons (Fsp3) is 0.500. The Morgan fingerprint density at radius 3 is 2.88 bits per heavy atom. The second kappa shape index (κ2) is 3.76. The van der Waals surface area contributed by atoms with Crippen LogP contribution in [0.5, 0.6) is 0 Å². The van der Waals surface area contributed by atoms with Crippen molar-refractivity contribution in [2.24, 2.45) is 5.92 Å². The van der Waals surface area contributed by atoms with Gasteiger partial charge in [-0.3, -0.25) is 4.79 Å². The molecular weight excluding hydrogens is 212 g/mol. The van der Waals surface area contributed by atoms with Crippen LogP contribution in [0, 0.1) is 12.8 Å². The molecule has 0 aliphatic heterocycles. The molecule has 3 rings (SSSR count). The average Bonchev–Trinajstić information content (AvgIpc) is 2.58. The average molecular weight is 230 g/mol. The number of hydrogen-bond donors (Lipinski definition) is 1. The number of fused-ring (bicyclic) bond motifs is 1. The number of aryl methyl sites for hydroxylation is 1. The highest BCUT2D eigenvalue weighted by atomic mass is 16.1. The first-order valence-corrected chi connectivity index (χ1v) is 6.37. The summed E-state index contributed by atoms with van der Waals surface area (Å²) < 4.78 is 2.15. The lowest BCUT2D eigenvalue weighted by Gasteiger charge is -2.32. The zero-order chi connectivity index (χ0) is 12.0. The van der Waals surface area contributed by atoms with E-state index in [-0.39, 0.29) is 5.56 Å². The summed E-state index contributed by atoms with van der Waals surface area (Å²) >= 11 is 0. The van der Waals surface area contributed by atoms with Gasteiger partial charge in [-0.05, 0) is 44.7 Å². The Balaban J connectivity index is 2.14. The zero-order valence-corrected chi connectivity index (χ0v) is 10.4. The van der Waals surface area contributed by atoms with Gasteiger partial charge in [0.25, 0.3) is 5.56 Å². The van der Waals surface area contributed by atoms with Gasteiger partial charge >= 0.3 is 0 Å². The fourth-order valence-electron chi connectivity index (χ4n) is 2.82. The minimum atomic E-state index is 0.0381. The van der Waals surface area contributed by atoms with E-state index in [0.717, 1.165) is 22.5 Å². The van der Waals surface area contributed by atoms with E-state index in [1.54, 1.807) is 0 Å². The van der Waals surface area contributed by atoms with E-state index in [1.165, 1.54) is 19.3 Å². The van der Waals surface area contributed by atoms with Gasteiger partial charge in [-0.1, -0.05) is 6.42 Å². The van der Waals surface area contributed by atoms with Crippen LogP contribution in [0.1, 0.15) is 37.9 Å². The Bertz CT molecular complexity index is 604. The standard InChI is InChI=1S/C14H18N2O/c1-9-8-12-6-7-16(13(12)14(17)15-9)10(2)11-4-3-5-11/h6-8,10-11H,3-5H2,1-2H3,(H,15,17). The van der Waals surface area contributed by atoms with Gasteiger partial charge in [0.15, 0.2) is 0 Å². The molecule has 0 bridgehead atoms. The highest BCUT2D eigenvalue weighted by Gasteiger charge is 2.26. The first kappa shape index (κ1) is 10.6. The van der Waals surface area contributed by atoms with Gasteiger partial charge in [0, 0.05) is 23.3 Å². The molecule has 1 unspecified atom stereocenters. The molecule has 90 valence electrons. The number of rotatable bonds is 2. The van der Waals surface area contributed by atoms with Crippen molar-refractivity contribution in [1.29, 1.82) is 0 Å². The van der Waals surface area contributed by atoms with Crippen molar-refractivity contribution in [1.82, 2.24) is 9.55 Å². The molecule has 0 saturated heterocycles. The predicted molar refractivity (Wildman–Crippen MR) is 69.3 cm³/mol. The Kier molecular flexibility index (Phi) is 2.35. The maximum absolute atomic E-state index is 12.0. The molecule has 1 aliphatic rings. The number of aromatic nitrogens is 2. The molecular formula is C14H18N2O. The zero-order valence-electron chi connectivity index (χ0n) is 10.4. The fourth-order valence-corrected chi connectivity index (χ4v) is 2.82. The van der Waals surface area contributed by atoms with Crippen molar-refractivity contribution in [3.05, 3.63) is 34.4 Å². The maximum Gasteiger partial charge on any atom is 0.272 e.